The minimum Gasteiger partial charge on any atom is -0.493 e. The molecule has 2 aliphatic rings. The first kappa shape index (κ1) is 20.5. The van der Waals surface area contributed by atoms with Crippen LogP contribution >= 0.6 is 0 Å². The smallest absolute Gasteiger partial charge is 0.264 e. The number of nitrogens with zero attached hydrogens (tertiary/aromatic N) is 3. The van der Waals surface area contributed by atoms with E-state index >= 15 is 0 Å². The molecule has 3 amide bonds. The van der Waals surface area contributed by atoms with Crippen LogP contribution in [0.15, 0.2) is 60.9 Å². The predicted molar refractivity (Wildman–Crippen MR) is 119 cm³/mol. The number of carbonyl (C=O) groups excluding carboxylic acids is 3. The van der Waals surface area contributed by atoms with Crippen molar-refractivity contribution in [1.82, 2.24) is 9.88 Å². The number of rotatable bonds is 5. The highest BCUT2D eigenvalue weighted by Gasteiger charge is 2.50. The van der Waals surface area contributed by atoms with E-state index in [4.69, 9.17) is 9.47 Å². The molecule has 3 heterocycles. The van der Waals surface area contributed by atoms with Gasteiger partial charge in [0.25, 0.3) is 11.8 Å². The van der Waals surface area contributed by atoms with E-state index < -0.39 is 12.1 Å². The highest BCUT2D eigenvalue weighted by atomic mass is 16.5. The average Bonchev–Trinajstić information content (AvgIpc) is 3.14. The Bertz CT molecular complexity index is 1280. The fourth-order valence-electron chi connectivity index (χ4n) is 4.38. The molecule has 0 bridgehead atoms. The lowest BCUT2D eigenvalue weighted by atomic mass is 10.0. The minimum atomic E-state index is -0.797. The van der Waals surface area contributed by atoms with Crippen LogP contribution in [-0.4, -0.2) is 48.4 Å². The summed E-state index contributed by atoms with van der Waals surface area (Å²) in [6.07, 6.45) is 2.32. The first-order chi connectivity index (χ1) is 16.0. The van der Waals surface area contributed by atoms with E-state index in [1.165, 1.54) is 30.2 Å². The summed E-state index contributed by atoms with van der Waals surface area (Å²) < 4.78 is 10.9. The van der Waals surface area contributed by atoms with Gasteiger partial charge in [0.1, 0.15) is 12.7 Å². The van der Waals surface area contributed by atoms with Gasteiger partial charge in [0.2, 0.25) is 5.91 Å². The van der Waals surface area contributed by atoms with E-state index in [1.807, 2.05) is 0 Å². The second-order valence-electron chi connectivity index (χ2n) is 7.55. The predicted octanol–water partition coefficient (Wildman–Crippen LogP) is 2.85. The standard InChI is InChI=1S/C24H20N4O5/c1-32-18-10-9-16-20(21(18)33-2)24(31)28-17-8-4-3-7-15(17)23(30)27(22(16)28)13-19(29)26-14-6-5-11-25-12-14/h3-12,22H,13H2,1-2H3,(H,26,29)/t22-/m0/s1. The molecule has 2 aliphatic heterocycles. The minimum absolute atomic E-state index is 0.260. The van der Waals surface area contributed by atoms with E-state index in [0.29, 0.717) is 39.6 Å². The number of hydrogen-bond acceptors (Lipinski definition) is 6. The van der Waals surface area contributed by atoms with Crippen LogP contribution < -0.4 is 19.7 Å². The number of pyridine rings is 1. The first-order valence-electron chi connectivity index (χ1n) is 10.2. The van der Waals surface area contributed by atoms with Gasteiger partial charge in [-0.3, -0.25) is 24.3 Å². The van der Waals surface area contributed by atoms with Crippen LogP contribution in [0.2, 0.25) is 0 Å². The zero-order valence-electron chi connectivity index (χ0n) is 17.9. The van der Waals surface area contributed by atoms with E-state index in [9.17, 15) is 14.4 Å². The molecule has 3 aromatic rings. The summed E-state index contributed by atoms with van der Waals surface area (Å²) >= 11 is 0. The highest BCUT2D eigenvalue weighted by Crippen LogP contribution is 2.49. The van der Waals surface area contributed by atoms with Crippen molar-refractivity contribution >= 4 is 29.1 Å². The van der Waals surface area contributed by atoms with E-state index in [1.54, 1.807) is 54.7 Å². The molecule has 0 saturated carbocycles. The molecule has 166 valence electrons. The van der Waals surface area contributed by atoms with Crippen molar-refractivity contribution in [3.8, 4) is 11.5 Å². The topological polar surface area (TPSA) is 101 Å². The SMILES string of the molecule is COc1ccc2c(c1OC)C(=O)N1c3ccccc3C(=O)N(CC(=O)Nc3cccnc3)[C@H]21. The number of methoxy groups -OCH3 is 2. The Morgan fingerprint density at radius 2 is 1.85 bits per heavy atom. The lowest BCUT2D eigenvalue weighted by Crippen LogP contribution is -2.50. The third-order valence-corrected chi connectivity index (χ3v) is 5.74. The Morgan fingerprint density at radius 3 is 2.58 bits per heavy atom. The first-order valence-corrected chi connectivity index (χ1v) is 10.2. The molecule has 33 heavy (non-hydrogen) atoms. The molecule has 9 heteroatoms. The number of ether oxygens (including phenoxy) is 2. The monoisotopic (exact) mass is 444 g/mol. The normalized spacial score (nSPS) is 16.1. The number of anilines is 2. The number of carbonyl (C=O) groups is 3. The molecule has 0 radical (unpaired) electrons. The van der Waals surface area contributed by atoms with Crippen LogP contribution in [0.3, 0.4) is 0 Å². The second-order valence-corrected chi connectivity index (χ2v) is 7.55. The van der Waals surface area contributed by atoms with Crippen molar-refractivity contribution in [3.63, 3.8) is 0 Å². The summed E-state index contributed by atoms with van der Waals surface area (Å²) in [7, 11) is 2.95. The van der Waals surface area contributed by atoms with Crippen LogP contribution in [0.1, 0.15) is 32.4 Å². The average molecular weight is 444 g/mol. The van der Waals surface area contributed by atoms with Gasteiger partial charge in [0.15, 0.2) is 11.5 Å². The molecule has 1 N–H and O–H groups in total. The van der Waals surface area contributed by atoms with Crippen molar-refractivity contribution in [2.24, 2.45) is 0 Å². The quantitative estimate of drug-likeness (QED) is 0.650. The molecular formula is C24H20N4O5. The molecule has 0 fully saturated rings. The van der Waals surface area contributed by atoms with Gasteiger partial charge in [-0.2, -0.15) is 0 Å². The number of benzene rings is 2. The molecule has 0 aliphatic carbocycles. The second kappa shape index (κ2) is 7.94. The molecule has 0 saturated heterocycles. The van der Waals surface area contributed by atoms with Gasteiger partial charge in [-0.25, -0.2) is 0 Å². The zero-order chi connectivity index (χ0) is 23.1. The van der Waals surface area contributed by atoms with Crippen LogP contribution in [0.4, 0.5) is 11.4 Å². The zero-order valence-corrected chi connectivity index (χ0v) is 17.9. The van der Waals surface area contributed by atoms with Crippen molar-refractivity contribution in [2.75, 3.05) is 31.0 Å². The van der Waals surface area contributed by atoms with Crippen LogP contribution in [0.25, 0.3) is 0 Å². The van der Waals surface area contributed by atoms with E-state index in [0.717, 1.165) is 0 Å². The third-order valence-electron chi connectivity index (χ3n) is 5.74. The number of hydrogen-bond donors (Lipinski definition) is 1. The number of fused-ring (bicyclic) bond motifs is 5. The van der Waals surface area contributed by atoms with Crippen LogP contribution in [0.5, 0.6) is 11.5 Å². The summed E-state index contributed by atoms with van der Waals surface area (Å²) in [5.74, 6) is -0.381. The molecule has 1 aromatic heterocycles. The van der Waals surface area contributed by atoms with Crippen molar-refractivity contribution in [2.45, 2.75) is 6.17 Å². The summed E-state index contributed by atoms with van der Waals surface area (Å²) in [5.41, 5.74) is 2.21. The molecule has 5 rings (SSSR count). The summed E-state index contributed by atoms with van der Waals surface area (Å²) in [5, 5.41) is 2.75. The Balaban J connectivity index is 1.60. The lowest BCUT2D eigenvalue weighted by Gasteiger charge is -2.40. The fraction of sp³-hybridized carbons (Fsp3) is 0.167. The number of aromatic nitrogens is 1. The maximum atomic E-state index is 13.6. The Labute approximate surface area is 189 Å². The van der Waals surface area contributed by atoms with Crippen LogP contribution in [-0.2, 0) is 4.79 Å². The van der Waals surface area contributed by atoms with Crippen LogP contribution in [0, 0.1) is 0 Å². The number of amides is 3. The van der Waals surface area contributed by atoms with Crippen molar-refractivity contribution in [1.29, 1.82) is 0 Å². The molecular weight excluding hydrogens is 424 g/mol. The Kier molecular flexibility index (Phi) is 4.93. The maximum Gasteiger partial charge on any atom is 0.264 e. The van der Waals surface area contributed by atoms with Gasteiger partial charge in [-0.1, -0.05) is 18.2 Å². The Hall–Kier alpha value is -4.40. The fourth-order valence-corrected chi connectivity index (χ4v) is 4.38. The molecule has 9 nitrogen and oxygen atoms in total. The van der Waals surface area contributed by atoms with Gasteiger partial charge >= 0.3 is 0 Å². The Morgan fingerprint density at radius 1 is 1.03 bits per heavy atom. The van der Waals surface area contributed by atoms with Gasteiger partial charge < -0.3 is 19.7 Å². The van der Waals surface area contributed by atoms with Crippen molar-refractivity contribution < 1.29 is 23.9 Å². The largest absolute Gasteiger partial charge is 0.493 e. The number of nitrogens with one attached hydrogen (secondary N) is 1. The highest BCUT2D eigenvalue weighted by molar-refractivity contribution is 6.18. The molecule has 0 spiro atoms. The van der Waals surface area contributed by atoms with Crippen molar-refractivity contribution in [3.05, 3.63) is 77.6 Å². The molecule has 2 aromatic carbocycles. The third kappa shape index (κ3) is 3.16. The summed E-state index contributed by atoms with van der Waals surface area (Å²) in [4.78, 5) is 46.9. The summed E-state index contributed by atoms with van der Waals surface area (Å²) in [6.45, 7) is -0.260. The van der Waals surface area contributed by atoms with Gasteiger partial charge in [-0.05, 0) is 30.3 Å². The molecule has 1 atom stereocenters. The molecule has 0 unspecified atom stereocenters. The maximum absolute atomic E-state index is 13.6. The summed E-state index contributed by atoms with van der Waals surface area (Å²) in [6, 6.07) is 13.7. The lowest BCUT2D eigenvalue weighted by molar-refractivity contribution is -0.117. The van der Waals surface area contributed by atoms with Gasteiger partial charge in [0, 0.05) is 11.8 Å². The van der Waals surface area contributed by atoms with Gasteiger partial charge in [0.05, 0.1) is 42.9 Å². The number of para-hydroxylation sites is 1. The van der Waals surface area contributed by atoms with Gasteiger partial charge in [-0.15, -0.1) is 0 Å². The van der Waals surface area contributed by atoms with E-state index in [2.05, 4.69) is 10.3 Å². The van der Waals surface area contributed by atoms with E-state index in [-0.39, 0.29) is 18.4 Å².